The minimum Gasteiger partial charge on any atom is -0.464 e. The van der Waals surface area contributed by atoms with Gasteiger partial charge in [0.15, 0.2) is 5.69 Å². The number of benzene rings is 1. The number of halogens is 1. The summed E-state index contributed by atoms with van der Waals surface area (Å²) in [7, 11) is 1.27. The molecule has 20 heavy (non-hydrogen) atoms. The predicted molar refractivity (Wildman–Crippen MR) is 72.8 cm³/mol. The second-order valence-corrected chi connectivity index (χ2v) is 4.12. The van der Waals surface area contributed by atoms with E-state index in [1.165, 1.54) is 25.6 Å². The van der Waals surface area contributed by atoms with Crippen molar-refractivity contribution in [1.82, 2.24) is 9.97 Å². The number of aromatic nitrogens is 2. The largest absolute Gasteiger partial charge is 0.464 e. The number of nitrogens with one attached hydrogen (secondary N) is 1. The molecule has 1 aromatic carbocycles. The van der Waals surface area contributed by atoms with Crippen LogP contribution in [0.3, 0.4) is 0 Å². The van der Waals surface area contributed by atoms with Crippen LogP contribution in [-0.4, -0.2) is 23.0 Å². The summed E-state index contributed by atoms with van der Waals surface area (Å²) in [6, 6.07) is 6.78. The zero-order chi connectivity index (χ0) is 14.5. The summed E-state index contributed by atoms with van der Waals surface area (Å²) in [4.78, 5) is 19.3. The second kappa shape index (κ2) is 5.99. The van der Waals surface area contributed by atoms with Crippen molar-refractivity contribution < 1.29 is 9.53 Å². The third-order valence-corrected chi connectivity index (χ3v) is 2.70. The van der Waals surface area contributed by atoms with Gasteiger partial charge in [0.2, 0.25) is 0 Å². The first-order valence-corrected chi connectivity index (χ1v) is 5.89. The number of rotatable bonds is 3. The molecule has 1 aromatic heterocycles. The molecule has 6 nitrogen and oxygen atoms in total. The van der Waals surface area contributed by atoms with Crippen LogP contribution < -0.4 is 5.32 Å². The van der Waals surface area contributed by atoms with Gasteiger partial charge in [-0.1, -0.05) is 11.6 Å². The van der Waals surface area contributed by atoms with Gasteiger partial charge >= 0.3 is 5.97 Å². The molecule has 1 N–H and O–H groups in total. The van der Waals surface area contributed by atoms with E-state index < -0.39 is 5.97 Å². The molecule has 0 radical (unpaired) electrons. The van der Waals surface area contributed by atoms with Gasteiger partial charge < -0.3 is 10.1 Å². The number of methoxy groups -OCH3 is 1. The van der Waals surface area contributed by atoms with E-state index in [1.807, 2.05) is 6.07 Å². The molecule has 0 aliphatic rings. The van der Waals surface area contributed by atoms with Gasteiger partial charge in [0.1, 0.15) is 5.82 Å². The zero-order valence-corrected chi connectivity index (χ0v) is 11.2. The monoisotopic (exact) mass is 288 g/mol. The van der Waals surface area contributed by atoms with E-state index >= 15 is 0 Å². The summed E-state index contributed by atoms with van der Waals surface area (Å²) in [5.41, 5.74) is 1.10. The quantitative estimate of drug-likeness (QED) is 0.873. The highest BCUT2D eigenvalue weighted by Gasteiger charge is 2.09. The smallest absolute Gasteiger partial charge is 0.358 e. The SMILES string of the molecule is COC(=O)c1cncc(Nc2ccc(C#N)cc2Cl)n1. The van der Waals surface area contributed by atoms with E-state index in [2.05, 4.69) is 20.0 Å². The van der Waals surface area contributed by atoms with E-state index in [9.17, 15) is 4.79 Å². The van der Waals surface area contributed by atoms with Crippen LogP contribution in [0.5, 0.6) is 0 Å². The molecule has 0 spiro atoms. The lowest BCUT2D eigenvalue weighted by Gasteiger charge is -2.08. The number of carbonyl (C=O) groups is 1. The van der Waals surface area contributed by atoms with Gasteiger partial charge in [-0.3, -0.25) is 4.98 Å². The maximum absolute atomic E-state index is 11.4. The molecule has 0 fully saturated rings. The summed E-state index contributed by atoms with van der Waals surface area (Å²) in [5.74, 6) is -0.230. The summed E-state index contributed by atoms with van der Waals surface area (Å²) in [6.45, 7) is 0. The lowest BCUT2D eigenvalue weighted by molar-refractivity contribution is 0.0593. The van der Waals surface area contributed by atoms with E-state index in [1.54, 1.807) is 12.1 Å². The van der Waals surface area contributed by atoms with Crippen LogP contribution in [-0.2, 0) is 4.74 Å². The number of esters is 1. The van der Waals surface area contributed by atoms with Crippen molar-refractivity contribution in [2.45, 2.75) is 0 Å². The van der Waals surface area contributed by atoms with E-state index in [4.69, 9.17) is 16.9 Å². The molecule has 2 rings (SSSR count). The standard InChI is InChI=1S/C13H9ClN4O2/c1-20-13(19)11-6-16-7-12(18-11)17-10-3-2-8(5-15)4-9(10)14/h2-4,6-7H,1H3,(H,17,18). The number of carbonyl (C=O) groups excluding carboxylic acids is 1. The Labute approximate surface area is 120 Å². The van der Waals surface area contributed by atoms with Crippen molar-refractivity contribution >= 4 is 29.1 Å². The second-order valence-electron chi connectivity index (χ2n) is 3.71. The Morgan fingerprint density at radius 1 is 1.45 bits per heavy atom. The normalized spacial score (nSPS) is 9.65. The molecule has 0 saturated carbocycles. The van der Waals surface area contributed by atoms with Crippen LogP contribution in [0, 0.1) is 11.3 Å². The molecule has 1 heterocycles. The van der Waals surface area contributed by atoms with Crippen LogP contribution in [0.4, 0.5) is 11.5 Å². The number of anilines is 2. The first kappa shape index (κ1) is 13.8. The summed E-state index contributed by atoms with van der Waals surface area (Å²) >= 11 is 6.03. The van der Waals surface area contributed by atoms with Gasteiger partial charge in [-0.25, -0.2) is 9.78 Å². The molecule has 0 aliphatic carbocycles. The van der Waals surface area contributed by atoms with Crippen LogP contribution in [0.15, 0.2) is 30.6 Å². The van der Waals surface area contributed by atoms with Crippen LogP contribution >= 0.6 is 11.6 Å². The fourth-order valence-corrected chi connectivity index (χ4v) is 1.68. The molecular weight excluding hydrogens is 280 g/mol. The summed E-state index contributed by atoms with van der Waals surface area (Å²) in [6.07, 6.45) is 2.75. The Bertz CT molecular complexity index is 697. The topological polar surface area (TPSA) is 87.9 Å². The lowest BCUT2D eigenvalue weighted by atomic mass is 10.2. The van der Waals surface area contributed by atoms with Crippen molar-refractivity contribution in [3.8, 4) is 6.07 Å². The summed E-state index contributed by atoms with van der Waals surface area (Å²) in [5, 5.41) is 12.1. The number of nitriles is 1. The fraction of sp³-hybridized carbons (Fsp3) is 0.0769. The van der Waals surface area contributed by atoms with Gasteiger partial charge in [0, 0.05) is 0 Å². The molecule has 2 aromatic rings. The van der Waals surface area contributed by atoms with Crippen LogP contribution in [0.2, 0.25) is 5.02 Å². The highest BCUT2D eigenvalue weighted by molar-refractivity contribution is 6.33. The molecule has 0 aliphatic heterocycles. The first-order chi connectivity index (χ1) is 9.63. The van der Waals surface area contributed by atoms with Crippen molar-refractivity contribution in [1.29, 1.82) is 5.26 Å². The number of hydrogen-bond acceptors (Lipinski definition) is 6. The van der Waals surface area contributed by atoms with E-state index in [0.717, 1.165) is 0 Å². The summed E-state index contributed by atoms with van der Waals surface area (Å²) < 4.78 is 4.56. The first-order valence-electron chi connectivity index (χ1n) is 5.51. The average molecular weight is 289 g/mol. The number of nitrogens with zero attached hydrogens (tertiary/aromatic N) is 3. The van der Waals surface area contributed by atoms with Crippen molar-refractivity contribution in [3.05, 3.63) is 46.9 Å². The Morgan fingerprint density at radius 3 is 2.90 bits per heavy atom. The number of ether oxygens (including phenoxy) is 1. The molecule has 100 valence electrons. The maximum Gasteiger partial charge on any atom is 0.358 e. The predicted octanol–water partition coefficient (Wildman–Crippen LogP) is 2.53. The fourth-order valence-electron chi connectivity index (χ4n) is 1.45. The Kier molecular flexibility index (Phi) is 4.13. The maximum atomic E-state index is 11.4. The van der Waals surface area contributed by atoms with Gasteiger partial charge in [0.25, 0.3) is 0 Å². The minimum absolute atomic E-state index is 0.0854. The van der Waals surface area contributed by atoms with E-state index in [-0.39, 0.29) is 5.69 Å². The molecule has 0 saturated heterocycles. The number of hydrogen-bond donors (Lipinski definition) is 1. The minimum atomic E-state index is -0.577. The third-order valence-electron chi connectivity index (χ3n) is 2.39. The highest BCUT2D eigenvalue weighted by atomic mass is 35.5. The molecule has 0 unspecified atom stereocenters. The lowest BCUT2D eigenvalue weighted by Crippen LogP contribution is -2.06. The molecule has 0 amide bonds. The zero-order valence-electron chi connectivity index (χ0n) is 10.4. The van der Waals surface area contributed by atoms with Gasteiger partial charge in [-0.15, -0.1) is 0 Å². The molecular formula is C13H9ClN4O2. The Balaban J connectivity index is 2.26. The average Bonchev–Trinajstić information content (AvgIpc) is 2.48. The van der Waals surface area contributed by atoms with Gasteiger partial charge in [-0.05, 0) is 18.2 Å². The van der Waals surface area contributed by atoms with Gasteiger partial charge in [0.05, 0.1) is 41.8 Å². The Morgan fingerprint density at radius 2 is 2.25 bits per heavy atom. The molecule has 0 bridgehead atoms. The van der Waals surface area contributed by atoms with Gasteiger partial charge in [-0.2, -0.15) is 5.26 Å². The van der Waals surface area contributed by atoms with Crippen LogP contribution in [0.25, 0.3) is 0 Å². The Hall–Kier alpha value is -2.65. The highest BCUT2D eigenvalue weighted by Crippen LogP contribution is 2.25. The molecule has 0 atom stereocenters. The van der Waals surface area contributed by atoms with E-state index in [0.29, 0.717) is 22.1 Å². The van der Waals surface area contributed by atoms with Crippen LogP contribution in [0.1, 0.15) is 16.1 Å². The van der Waals surface area contributed by atoms with Crippen molar-refractivity contribution in [2.75, 3.05) is 12.4 Å². The van der Waals surface area contributed by atoms with Crippen molar-refractivity contribution in [2.24, 2.45) is 0 Å². The van der Waals surface area contributed by atoms with Crippen molar-refractivity contribution in [3.63, 3.8) is 0 Å². The molecule has 7 heteroatoms. The third kappa shape index (κ3) is 3.02.